The van der Waals surface area contributed by atoms with Gasteiger partial charge in [0, 0.05) is 6.54 Å². The molecule has 1 aliphatic rings. The van der Waals surface area contributed by atoms with Crippen LogP contribution in [0.5, 0.6) is 0 Å². The van der Waals surface area contributed by atoms with E-state index in [2.05, 4.69) is 12.2 Å². The van der Waals surface area contributed by atoms with Crippen LogP contribution in [0.1, 0.15) is 30.9 Å². The molecule has 0 aliphatic carbocycles. The minimum atomic E-state index is -0.0262. The van der Waals surface area contributed by atoms with Gasteiger partial charge in [0.2, 0.25) is 0 Å². The summed E-state index contributed by atoms with van der Waals surface area (Å²) < 4.78 is 0. The first kappa shape index (κ1) is 13.7. The highest BCUT2D eigenvalue weighted by Crippen LogP contribution is 2.17. The van der Waals surface area contributed by atoms with E-state index >= 15 is 0 Å². The van der Waals surface area contributed by atoms with Crippen molar-refractivity contribution in [2.24, 2.45) is 0 Å². The molecule has 1 N–H and O–H groups in total. The fourth-order valence-corrected chi connectivity index (χ4v) is 2.28. The van der Waals surface area contributed by atoms with E-state index in [1.807, 2.05) is 37.3 Å². The number of thiocarbonyl (C=S) groups is 1. The lowest BCUT2D eigenvalue weighted by molar-refractivity contribution is -0.122. The maximum absolute atomic E-state index is 12.2. The molecule has 1 saturated heterocycles. The minimum Gasteiger partial charge on any atom is -0.328 e. The van der Waals surface area contributed by atoms with Crippen molar-refractivity contribution in [3.05, 3.63) is 41.1 Å². The average Bonchev–Trinajstić information content (AvgIpc) is 2.65. The van der Waals surface area contributed by atoms with Crippen LogP contribution in [-0.2, 0) is 4.79 Å². The highest BCUT2D eigenvalue weighted by atomic mass is 32.1. The van der Waals surface area contributed by atoms with Crippen molar-refractivity contribution in [2.75, 3.05) is 6.54 Å². The zero-order chi connectivity index (χ0) is 13.8. The Morgan fingerprint density at radius 1 is 1.37 bits per heavy atom. The molecule has 3 nitrogen and oxygen atoms in total. The molecule has 1 aliphatic heterocycles. The first-order valence-corrected chi connectivity index (χ1v) is 6.94. The molecule has 0 saturated carbocycles. The monoisotopic (exact) mass is 274 g/mol. The van der Waals surface area contributed by atoms with Gasteiger partial charge in [-0.05, 0) is 42.8 Å². The van der Waals surface area contributed by atoms with Gasteiger partial charge in [-0.1, -0.05) is 37.6 Å². The molecule has 19 heavy (non-hydrogen) atoms. The van der Waals surface area contributed by atoms with Gasteiger partial charge < -0.3 is 5.32 Å². The van der Waals surface area contributed by atoms with Crippen LogP contribution in [0.25, 0.3) is 6.08 Å². The number of unbranched alkanes of at least 4 members (excludes halogenated alkanes) is 1. The van der Waals surface area contributed by atoms with E-state index < -0.39 is 0 Å². The fraction of sp³-hybridized carbons (Fsp3) is 0.333. The lowest BCUT2D eigenvalue weighted by atomic mass is 10.1. The number of hydrogen-bond donors (Lipinski definition) is 1. The number of carbonyl (C=O) groups is 1. The van der Waals surface area contributed by atoms with Crippen molar-refractivity contribution in [1.29, 1.82) is 0 Å². The largest absolute Gasteiger partial charge is 0.328 e. The number of nitrogens with zero attached hydrogens (tertiary/aromatic N) is 1. The summed E-state index contributed by atoms with van der Waals surface area (Å²) in [6.45, 7) is 4.81. The van der Waals surface area contributed by atoms with Gasteiger partial charge in [-0.15, -0.1) is 0 Å². The Kier molecular flexibility index (Phi) is 4.32. The van der Waals surface area contributed by atoms with E-state index in [9.17, 15) is 4.79 Å². The second-order valence-corrected chi connectivity index (χ2v) is 5.04. The molecule has 100 valence electrons. The minimum absolute atomic E-state index is 0.0262. The molecule has 2 rings (SSSR count). The number of carbonyl (C=O) groups excluding carboxylic acids is 1. The van der Waals surface area contributed by atoms with Gasteiger partial charge in [-0.25, -0.2) is 0 Å². The Morgan fingerprint density at radius 3 is 2.79 bits per heavy atom. The van der Waals surface area contributed by atoms with Crippen LogP contribution in [0.2, 0.25) is 0 Å². The van der Waals surface area contributed by atoms with Crippen molar-refractivity contribution in [1.82, 2.24) is 10.2 Å². The highest BCUT2D eigenvalue weighted by Gasteiger charge is 2.29. The third-order valence-electron chi connectivity index (χ3n) is 3.19. The lowest BCUT2D eigenvalue weighted by Gasteiger charge is -2.12. The number of aryl methyl sites for hydroxylation is 1. The molecule has 4 heteroatoms. The third kappa shape index (κ3) is 3.01. The number of rotatable bonds is 4. The predicted molar refractivity (Wildman–Crippen MR) is 81.5 cm³/mol. The van der Waals surface area contributed by atoms with Crippen molar-refractivity contribution >= 4 is 29.3 Å². The van der Waals surface area contributed by atoms with Crippen molar-refractivity contribution < 1.29 is 4.79 Å². The summed E-state index contributed by atoms with van der Waals surface area (Å²) in [5, 5.41) is 3.52. The van der Waals surface area contributed by atoms with Crippen LogP contribution in [0.15, 0.2) is 30.0 Å². The Hall–Kier alpha value is -1.68. The Labute approximate surface area is 119 Å². The predicted octanol–water partition coefficient (Wildman–Crippen LogP) is 2.85. The molecular formula is C15H18N2OS. The van der Waals surface area contributed by atoms with Gasteiger partial charge >= 0.3 is 0 Å². The summed E-state index contributed by atoms with van der Waals surface area (Å²) >= 11 is 5.21. The van der Waals surface area contributed by atoms with Crippen molar-refractivity contribution in [2.45, 2.75) is 26.7 Å². The third-order valence-corrected chi connectivity index (χ3v) is 3.51. The quantitative estimate of drug-likeness (QED) is 0.677. The molecule has 1 aromatic carbocycles. The fourth-order valence-electron chi connectivity index (χ4n) is 2.00. The van der Waals surface area contributed by atoms with Crippen LogP contribution in [0.4, 0.5) is 0 Å². The zero-order valence-electron chi connectivity index (χ0n) is 11.3. The first-order chi connectivity index (χ1) is 9.13. The van der Waals surface area contributed by atoms with Gasteiger partial charge in [0.15, 0.2) is 5.11 Å². The van der Waals surface area contributed by atoms with Gasteiger partial charge in [0.25, 0.3) is 5.91 Å². The van der Waals surface area contributed by atoms with Gasteiger partial charge in [0.1, 0.15) is 5.70 Å². The molecule has 0 bridgehead atoms. The van der Waals surface area contributed by atoms with E-state index in [1.165, 1.54) is 0 Å². The summed E-state index contributed by atoms with van der Waals surface area (Å²) in [5.41, 5.74) is 2.75. The van der Waals surface area contributed by atoms with Crippen LogP contribution >= 0.6 is 12.2 Å². The highest BCUT2D eigenvalue weighted by molar-refractivity contribution is 7.80. The van der Waals surface area contributed by atoms with E-state index in [0.29, 0.717) is 17.4 Å². The smallest absolute Gasteiger partial charge is 0.276 e. The molecule has 1 amide bonds. The number of benzene rings is 1. The molecular weight excluding hydrogens is 256 g/mol. The van der Waals surface area contributed by atoms with E-state index in [-0.39, 0.29) is 5.91 Å². The molecule has 0 spiro atoms. The molecule has 1 aromatic rings. The van der Waals surface area contributed by atoms with Crippen LogP contribution in [0.3, 0.4) is 0 Å². The Balaban J connectivity index is 2.21. The second-order valence-electron chi connectivity index (χ2n) is 4.66. The molecule has 1 fully saturated rings. The normalized spacial score (nSPS) is 17.2. The second kappa shape index (κ2) is 5.97. The maximum atomic E-state index is 12.2. The average molecular weight is 274 g/mol. The first-order valence-electron chi connectivity index (χ1n) is 6.53. The summed E-state index contributed by atoms with van der Waals surface area (Å²) in [6, 6.07) is 7.97. The van der Waals surface area contributed by atoms with Crippen LogP contribution < -0.4 is 5.32 Å². The summed E-state index contributed by atoms with van der Waals surface area (Å²) in [7, 11) is 0. The molecule has 0 radical (unpaired) electrons. The van der Waals surface area contributed by atoms with E-state index in [1.54, 1.807) is 4.90 Å². The molecule has 0 aromatic heterocycles. The molecule has 0 atom stereocenters. The van der Waals surface area contributed by atoms with Gasteiger partial charge in [-0.3, -0.25) is 9.69 Å². The van der Waals surface area contributed by atoms with Gasteiger partial charge in [-0.2, -0.15) is 0 Å². The van der Waals surface area contributed by atoms with Gasteiger partial charge in [0.05, 0.1) is 0 Å². The van der Waals surface area contributed by atoms with E-state index in [0.717, 1.165) is 24.0 Å². The van der Waals surface area contributed by atoms with Crippen molar-refractivity contribution in [3.8, 4) is 0 Å². The van der Waals surface area contributed by atoms with Crippen LogP contribution in [-0.4, -0.2) is 22.5 Å². The number of amides is 1. The summed E-state index contributed by atoms with van der Waals surface area (Å²) in [4.78, 5) is 13.9. The number of nitrogens with one attached hydrogen (secondary N) is 1. The molecule has 0 unspecified atom stereocenters. The number of hydrogen-bond acceptors (Lipinski definition) is 2. The molecule has 1 heterocycles. The van der Waals surface area contributed by atoms with Crippen molar-refractivity contribution in [3.63, 3.8) is 0 Å². The Morgan fingerprint density at radius 2 is 2.11 bits per heavy atom. The van der Waals surface area contributed by atoms with E-state index in [4.69, 9.17) is 12.2 Å². The van der Waals surface area contributed by atoms with Crippen LogP contribution in [0, 0.1) is 6.92 Å². The topological polar surface area (TPSA) is 32.3 Å². The zero-order valence-corrected chi connectivity index (χ0v) is 12.1. The SMILES string of the molecule is CCCCN1C(=O)/C(=C\c2ccccc2C)NC1=S. The summed E-state index contributed by atoms with van der Waals surface area (Å²) in [5.74, 6) is -0.0262. The maximum Gasteiger partial charge on any atom is 0.276 e. The summed E-state index contributed by atoms with van der Waals surface area (Å²) in [6.07, 6.45) is 3.88. The Bertz CT molecular complexity index is 537. The standard InChI is InChI=1S/C15H18N2OS/c1-3-4-9-17-14(18)13(16-15(17)19)10-12-8-6-5-7-11(12)2/h5-8,10H,3-4,9H2,1-2H3,(H,16,19)/b13-10+. The lowest BCUT2D eigenvalue weighted by Crippen LogP contribution is -2.31.